The second kappa shape index (κ2) is 8.37. The summed E-state index contributed by atoms with van der Waals surface area (Å²) >= 11 is 0. The molecular formula is C22H29N5O2. The maximum atomic E-state index is 12.1. The van der Waals surface area contributed by atoms with Crippen LogP contribution >= 0.6 is 0 Å². The molecule has 2 saturated heterocycles. The van der Waals surface area contributed by atoms with Crippen LogP contribution in [0.15, 0.2) is 35.3 Å². The summed E-state index contributed by atoms with van der Waals surface area (Å²) in [6, 6.07) is 8.28. The number of primary amides is 1. The van der Waals surface area contributed by atoms with Crippen LogP contribution in [0.25, 0.3) is 0 Å². The van der Waals surface area contributed by atoms with E-state index in [0.717, 1.165) is 68.8 Å². The molecule has 1 amide bonds. The molecule has 0 aromatic carbocycles. The highest BCUT2D eigenvalue weighted by molar-refractivity contribution is 5.90. The Kier molecular flexibility index (Phi) is 5.67. The van der Waals surface area contributed by atoms with E-state index in [1.165, 1.54) is 0 Å². The molecule has 7 nitrogen and oxygen atoms in total. The number of carbonyl (C=O) groups is 1. The van der Waals surface area contributed by atoms with Gasteiger partial charge in [0, 0.05) is 42.9 Å². The van der Waals surface area contributed by atoms with Gasteiger partial charge < -0.3 is 15.6 Å². The minimum atomic E-state index is -0.496. The van der Waals surface area contributed by atoms with Crippen molar-refractivity contribution >= 4 is 11.6 Å². The van der Waals surface area contributed by atoms with Gasteiger partial charge in [0.1, 0.15) is 5.69 Å². The molecule has 2 fully saturated rings. The number of aromatic amines is 1. The molecule has 0 aliphatic carbocycles. The van der Waals surface area contributed by atoms with Gasteiger partial charge in [-0.15, -0.1) is 0 Å². The SMILES string of the molecule is CCc1ccc(C2CCN(C3CCN(c4ccc(C(N)=O)nc4)CC3)C2)[nH]c1=O. The number of aromatic nitrogens is 2. The minimum Gasteiger partial charge on any atom is -0.370 e. The number of piperidine rings is 1. The monoisotopic (exact) mass is 395 g/mol. The first-order valence-electron chi connectivity index (χ1n) is 10.5. The molecule has 7 heteroatoms. The Morgan fingerprint density at radius 3 is 2.59 bits per heavy atom. The lowest BCUT2D eigenvalue weighted by atomic mass is 10.0. The third-order valence-corrected chi connectivity index (χ3v) is 6.40. The Bertz CT molecular complexity index is 916. The maximum Gasteiger partial charge on any atom is 0.267 e. The number of hydrogen-bond acceptors (Lipinski definition) is 5. The van der Waals surface area contributed by atoms with Crippen molar-refractivity contribution in [3.05, 3.63) is 57.8 Å². The lowest BCUT2D eigenvalue weighted by molar-refractivity contribution is 0.0995. The molecule has 0 radical (unpaired) electrons. The third kappa shape index (κ3) is 4.19. The highest BCUT2D eigenvalue weighted by Crippen LogP contribution is 2.30. The number of amides is 1. The fourth-order valence-corrected chi connectivity index (χ4v) is 4.62. The van der Waals surface area contributed by atoms with E-state index in [0.29, 0.717) is 17.7 Å². The molecule has 3 N–H and O–H groups in total. The number of carbonyl (C=O) groups excluding carboxylic acids is 1. The number of aryl methyl sites for hydroxylation is 1. The number of anilines is 1. The van der Waals surface area contributed by atoms with Crippen molar-refractivity contribution in [2.75, 3.05) is 31.1 Å². The van der Waals surface area contributed by atoms with E-state index in [-0.39, 0.29) is 5.56 Å². The minimum absolute atomic E-state index is 0.0627. The zero-order valence-corrected chi connectivity index (χ0v) is 16.9. The van der Waals surface area contributed by atoms with E-state index in [9.17, 15) is 9.59 Å². The number of rotatable bonds is 5. The fraction of sp³-hybridized carbons (Fsp3) is 0.500. The standard InChI is InChI=1S/C22H29N5O2/c1-2-15-3-5-19(25-22(15)29)16-7-10-27(14-16)17-8-11-26(12-9-17)18-4-6-20(21(23)28)24-13-18/h3-6,13,16-17H,2,7-12,14H2,1H3,(H2,23,28)(H,25,29). The Labute approximate surface area is 170 Å². The Morgan fingerprint density at radius 2 is 1.97 bits per heavy atom. The van der Waals surface area contributed by atoms with E-state index in [2.05, 4.69) is 25.8 Å². The molecular weight excluding hydrogens is 366 g/mol. The van der Waals surface area contributed by atoms with Crippen LogP contribution in [-0.2, 0) is 6.42 Å². The third-order valence-electron chi connectivity index (χ3n) is 6.40. The van der Waals surface area contributed by atoms with Gasteiger partial charge >= 0.3 is 0 Å². The van der Waals surface area contributed by atoms with Crippen LogP contribution in [-0.4, -0.2) is 53.0 Å². The largest absolute Gasteiger partial charge is 0.370 e. The topological polar surface area (TPSA) is 95.3 Å². The summed E-state index contributed by atoms with van der Waals surface area (Å²) in [5.74, 6) is -0.0818. The van der Waals surface area contributed by atoms with E-state index in [1.807, 2.05) is 19.1 Å². The van der Waals surface area contributed by atoms with Gasteiger partial charge in [0.25, 0.3) is 11.5 Å². The molecule has 29 heavy (non-hydrogen) atoms. The van der Waals surface area contributed by atoms with E-state index in [4.69, 9.17) is 5.73 Å². The smallest absolute Gasteiger partial charge is 0.267 e. The molecule has 0 spiro atoms. The predicted molar refractivity (Wildman–Crippen MR) is 113 cm³/mol. The normalized spacial score (nSPS) is 20.9. The second-order valence-corrected chi connectivity index (χ2v) is 8.09. The summed E-state index contributed by atoms with van der Waals surface area (Å²) in [6.45, 7) is 6.07. The van der Waals surface area contributed by atoms with Crippen LogP contribution in [0.2, 0.25) is 0 Å². The summed E-state index contributed by atoms with van der Waals surface area (Å²) in [5, 5.41) is 0. The van der Waals surface area contributed by atoms with Crippen molar-refractivity contribution in [1.29, 1.82) is 0 Å². The lowest BCUT2D eigenvalue weighted by Crippen LogP contribution is -2.44. The van der Waals surface area contributed by atoms with Gasteiger partial charge in [-0.05, 0) is 50.4 Å². The van der Waals surface area contributed by atoms with Gasteiger partial charge in [-0.1, -0.05) is 13.0 Å². The van der Waals surface area contributed by atoms with E-state index in [1.54, 1.807) is 12.3 Å². The molecule has 4 heterocycles. The highest BCUT2D eigenvalue weighted by atomic mass is 16.1. The first-order chi connectivity index (χ1) is 14.0. The van der Waals surface area contributed by atoms with Crippen LogP contribution in [0.4, 0.5) is 5.69 Å². The number of nitrogens with one attached hydrogen (secondary N) is 1. The van der Waals surface area contributed by atoms with Gasteiger partial charge in [-0.2, -0.15) is 0 Å². The van der Waals surface area contributed by atoms with Crippen LogP contribution in [0.3, 0.4) is 0 Å². The zero-order valence-electron chi connectivity index (χ0n) is 16.9. The number of hydrogen-bond donors (Lipinski definition) is 2. The summed E-state index contributed by atoms with van der Waals surface area (Å²) in [4.78, 5) is 35.5. The van der Waals surface area contributed by atoms with Crippen LogP contribution in [0.5, 0.6) is 0 Å². The van der Waals surface area contributed by atoms with Crippen molar-refractivity contribution in [1.82, 2.24) is 14.9 Å². The van der Waals surface area contributed by atoms with Gasteiger partial charge in [-0.3, -0.25) is 14.5 Å². The van der Waals surface area contributed by atoms with Gasteiger partial charge in [0.2, 0.25) is 0 Å². The van der Waals surface area contributed by atoms with Gasteiger partial charge in [0.05, 0.1) is 11.9 Å². The summed E-state index contributed by atoms with van der Waals surface area (Å²) in [5.41, 5.74) is 8.61. The lowest BCUT2D eigenvalue weighted by Gasteiger charge is -2.37. The Morgan fingerprint density at radius 1 is 1.17 bits per heavy atom. The Hall–Kier alpha value is -2.67. The Balaban J connectivity index is 1.33. The van der Waals surface area contributed by atoms with Crippen molar-refractivity contribution in [2.24, 2.45) is 5.73 Å². The summed E-state index contributed by atoms with van der Waals surface area (Å²) in [6.07, 6.45) is 5.82. The molecule has 2 aromatic rings. The van der Waals surface area contributed by atoms with Crippen LogP contribution in [0, 0.1) is 0 Å². The molecule has 0 saturated carbocycles. The second-order valence-electron chi connectivity index (χ2n) is 8.09. The van der Waals surface area contributed by atoms with Crippen molar-refractivity contribution in [3.8, 4) is 0 Å². The number of pyridine rings is 2. The van der Waals surface area contributed by atoms with Crippen LogP contribution < -0.4 is 16.2 Å². The van der Waals surface area contributed by atoms with Crippen LogP contribution in [0.1, 0.15) is 53.8 Å². The number of nitrogens with two attached hydrogens (primary N) is 1. The molecule has 1 atom stereocenters. The number of H-pyrrole nitrogens is 1. The molecule has 4 rings (SSSR count). The van der Waals surface area contributed by atoms with Gasteiger partial charge in [-0.25, -0.2) is 4.98 Å². The van der Waals surface area contributed by atoms with E-state index < -0.39 is 5.91 Å². The number of nitrogens with zero attached hydrogens (tertiary/aromatic N) is 3. The van der Waals surface area contributed by atoms with Gasteiger partial charge in [0.15, 0.2) is 0 Å². The first-order valence-corrected chi connectivity index (χ1v) is 10.5. The maximum absolute atomic E-state index is 12.1. The number of likely N-dealkylation sites (tertiary alicyclic amines) is 1. The first kappa shape index (κ1) is 19.6. The molecule has 2 aliphatic heterocycles. The molecule has 154 valence electrons. The van der Waals surface area contributed by atoms with Crippen molar-refractivity contribution in [3.63, 3.8) is 0 Å². The molecule has 2 aromatic heterocycles. The zero-order chi connectivity index (χ0) is 20.4. The average Bonchev–Trinajstić information content (AvgIpc) is 3.24. The van der Waals surface area contributed by atoms with E-state index >= 15 is 0 Å². The van der Waals surface area contributed by atoms with Crippen molar-refractivity contribution in [2.45, 2.75) is 44.6 Å². The quantitative estimate of drug-likeness (QED) is 0.806. The molecule has 1 unspecified atom stereocenters. The predicted octanol–water partition coefficient (Wildman–Crippen LogP) is 1.89. The average molecular weight is 396 g/mol. The fourth-order valence-electron chi connectivity index (χ4n) is 4.62. The highest BCUT2D eigenvalue weighted by Gasteiger charge is 2.32. The summed E-state index contributed by atoms with van der Waals surface area (Å²) in [7, 11) is 0. The molecule has 2 aliphatic rings. The van der Waals surface area contributed by atoms with Crippen molar-refractivity contribution < 1.29 is 4.79 Å². The summed E-state index contributed by atoms with van der Waals surface area (Å²) < 4.78 is 0. The molecule has 0 bridgehead atoms.